The normalized spacial score (nSPS) is 16.4. The van der Waals surface area contributed by atoms with E-state index in [2.05, 4.69) is 31.4 Å². The number of phenols is 2. The Bertz CT molecular complexity index is 2010. The lowest BCUT2D eigenvalue weighted by Gasteiger charge is -2.29. The number of carbonyl (C=O) groups excluding carboxylic acids is 5. The molecule has 0 unspecified atom stereocenters. The van der Waals surface area contributed by atoms with Gasteiger partial charge in [0.1, 0.15) is 35.7 Å². The molecule has 0 bridgehead atoms. The van der Waals surface area contributed by atoms with Crippen LogP contribution < -0.4 is 32.7 Å². The first kappa shape index (κ1) is 42.8. The van der Waals surface area contributed by atoms with Crippen molar-refractivity contribution in [1.29, 1.82) is 0 Å². The monoisotopic (exact) mass is 799 g/mol. The van der Waals surface area contributed by atoms with Crippen molar-refractivity contribution in [2.24, 2.45) is 11.5 Å². The number of carbonyl (C=O) groups is 5. The molecule has 1 aliphatic rings. The topological polar surface area (TPSA) is 288 Å². The summed E-state index contributed by atoms with van der Waals surface area (Å²) in [6.45, 7) is 1.03. The van der Waals surface area contributed by atoms with Crippen molar-refractivity contribution in [3.8, 4) is 11.5 Å². The van der Waals surface area contributed by atoms with Gasteiger partial charge in [0, 0.05) is 13.0 Å². The Balaban J connectivity index is 1.28. The van der Waals surface area contributed by atoms with Crippen molar-refractivity contribution in [3.63, 3.8) is 0 Å². The van der Waals surface area contributed by atoms with Crippen LogP contribution in [0.5, 0.6) is 11.5 Å². The number of nitrogens with zero attached hydrogens (tertiary/aromatic N) is 3. The third-order valence-corrected chi connectivity index (χ3v) is 9.72. The highest BCUT2D eigenvalue weighted by Crippen LogP contribution is 2.22. The van der Waals surface area contributed by atoms with Gasteiger partial charge in [0.05, 0.1) is 25.2 Å². The lowest BCUT2D eigenvalue weighted by molar-refractivity contribution is -0.141. The van der Waals surface area contributed by atoms with E-state index in [-0.39, 0.29) is 55.6 Å². The molecule has 5 amide bonds. The number of nitrogens with two attached hydrogens (primary N) is 2. The molecule has 0 aliphatic carbocycles. The standard InChI is InChI=1S/C40H49N9O9/c1-23(44-37(55)29(41)18-25-9-13-27(51)14-10-25)36(54)45-30(19-24-6-3-2-4-7-24)39-47-34(48-58-39)21-43-31(20-26-11-15-28(52)16-12-26)40(57)49-17-5-8-33(49)38(56)46-32(22-50)35(42)53/h2-4,6-7,9-16,23,29-33,43,50-52H,5,8,17-22,41H2,1H3,(H2,42,53)(H,44,55)(H,45,54)(H,46,56)/t23-,29+,30+,31+,32+,33+/m1/s1. The minimum absolute atomic E-state index is 0.0474. The number of aliphatic hydroxyl groups is 1. The van der Waals surface area contributed by atoms with E-state index in [4.69, 9.17) is 16.0 Å². The largest absolute Gasteiger partial charge is 0.508 e. The summed E-state index contributed by atoms with van der Waals surface area (Å²) in [5.41, 5.74) is 13.7. The highest BCUT2D eigenvalue weighted by Gasteiger charge is 2.38. The maximum atomic E-state index is 14.1. The van der Waals surface area contributed by atoms with Gasteiger partial charge in [0.2, 0.25) is 35.4 Å². The van der Waals surface area contributed by atoms with Crippen molar-refractivity contribution in [1.82, 2.24) is 36.3 Å². The summed E-state index contributed by atoms with van der Waals surface area (Å²) in [5, 5.41) is 44.1. The van der Waals surface area contributed by atoms with E-state index < -0.39 is 72.4 Å². The Morgan fingerprint density at radius 1 is 0.828 bits per heavy atom. The summed E-state index contributed by atoms with van der Waals surface area (Å²) in [6.07, 6.45) is 1.46. The highest BCUT2D eigenvalue weighted by molar-refractivity contribution is 5.93. The van der Waals surface area contributed by atoms with Crippen LogP contribution in [-0.2, 0) is 49.8 Å². The molecule has 18 heteroatoms. The molecule has 1 fully saturated rings. The minimum Gasteiger partial charge on any atom is -0.508 e. The molecule has 6 atom stereocenters. The molecule has 58 heavy (non-hydrogen) atoms. The summed E-state index contributed by atoms with van der Waals surface area (Å²) in [5.74, 6) is -2.65. The Morgan fingerprint density at radius 3 is 2.07 bits per heavy atom. The van der Waals surface area contributed by atoms with E-state index >= 15 is 0 Å². The van der Waals surface area contributed by atoms with Crippen LogP contribution in [0.2, 0.25) is 0 Å². The van der Waals surface area contributed by atoms with E-state index in [1.54, 1.807) is 24.3 Å². The van der Waals surface area contributed by atoms with Gasteiger partial charge in [-0.05, 0) is 73.6 Å². The second kappa shape index (κ2) is 20.2. The van der Waals surface area contributed by atoms with Gasteiger partial charge in [-0.25, -0.2) is 0 Å². The first-order valence-electron chi connectivity index (χ1n) is 18.8. The van der Waals surface area contributed by atoms with E-state index in [0.717, 1.165) is 11.1 Å². The van der Waals surface area contributed by atoms with Crippen molar-refractivity contribution >= 4 is 29.5 Å². The quantitative estimate of drug-likeness (QED) is 0.0585. The number of hydrogen-bond acceptors (Lipinski definition) is 13. The number of rotatable bonds is 19. The number of likely N-dealkylation sites (tertiary alicyclic amines) is 1. The lowest BCUT2D eigenvalue weighted by Crippen LogP contribution is -2.56. The molecule has 0 radical (unpaired) electrons. The van der Waals surface area contributed by atoms with Gasteiger partial charge in [0.15, 0.2) is 5.82 Å². The average Bonchev–Trinajstić information content (AvgIpc) is 3.91. The van der Waals surface area contributed by atoms with Crippen LogP contribution in [0.3, 0.4) is 0 Å². The maximum absolute atomic E-state index is 14.1. The van der Waals surface area contributed by atoms with Crippen molar-refractivity contribution in [3.05, 3.63) is 107 Å². The number of benzene rings is 3. The van der Waals surface area contributed by atoms with Gasteiger partial charge >= 0.3 is 0 Å². The Hall–Kier alpha value is -6.37. The number of hydrogen-bond donors (Lipinski definition) is 9. The van der Waals surface area contributed by atoms with Crippen LogP contribution in [0.1, 0.15) is 54.2 Å². The predicted octanol–water partition coefficient (Wildman–Crippen LogP) is -0.390. The zero-order valence-corrected chi connectivity index (χ0v) is 31.9. The van der Waals surface area contributed by atoms with Gasteiger partial charge in [-0.1, -0.05) is 59.8 Å². The van der Waals surface area contributed by atoms with Gasteiger partial charge in [-0.3, -0.25) is 29.3 Å². The zero-order chi connectivity index (χ0) is 41.8. The number of aliphatic hydroxyl groups excluding tert-OH is 1. The summed E-state index contributed by atoms with van der Waals surface area (Å²) < 4.78 is 5.64. The SMILES string of the molecule is C[C@@H](NC(=O)[C@@H](N)Cc1ccc(O)cc1)C(=O)N[C@@H](Cc1ccccc1)c1nc(CN[C@@H](Cc2ccc(O)cc2)C(=O)N2CCC[C@H]2C(=O)N[C@@H](CO)C(N)=O)no1. The van der Waals surface area contributed by atoms with E-state index in [1.807, 2.05) is 30.3 Å². The molecule has 0 spiro atoms. The maximum Gasteiger partial charge on any atom is 0.249 e. The molecule has 0 saturated carbocycles. The van der Waals surface area contributed by atoms with Crippen molar-refractivity contribution in [2.75, 3.05) is 13.2 Å². The van der Waals surface area contributed by atoms with Crippen LogP contribution in [-0.4, -0.2) is 103 Å². The van der Waals surface area contributed by atoms with Crippen molar-refractivity contribution in [2.45, 2.75) is 81.8 Å². The Labute approximate surface area is 334 Å². The molecule has 5 rings (SSSR count). The highest BCUT2D eigenvalue weighted by atomic mass is 16.5. The van der Waals surface area contributed by atoms with Crippen LogP contribution in [0.4, 0.5) is 0 Å². The molecule has 4 aromatic rings. The summed E-state index contributed by atoms with van der Waals surface area (Å²) >= 11 is 0. The minimum atomic E-state index is -1.30. The molecule has 2 heterocycles. The van der Waals surface area contributed by atoms with E-state index in [1.165, 1.54) is 36.1 Å². The number of aromatic hydroxyl groups is 2. The molecule has 1 saturated heterocycles. The van der Waals surface area contributed by atoms with Gasteiger partial charge in [0.25, 0.3) is 0 Å². The second-order valence-electron chi connectivity index (χ2n) is 14.1. The third-order valence-electron chi connectivity index (χ3n) is 9.72. The molecule has 308 valence electrons. The first-order valence-corrected chi connectivity index (χ1v) is 18.8. The molecule has 1 aliphatic heterocycles. The van der Waals surface area contributed by atoms with Crippen molar-refractivity contribution < 1.29 is 43.8 Å². The van der Waals surface area contributed by atoms with Gasteiger partial charge in [-0.2, -0.15) is 4.98 Å². The Kier molecular flexibility index (Phi) is 14.9. The third kappa shape index (κ3) is 11.8. The summed E-state index contributed by atoms with van der Waals surface area (Å²) in [4.78, 5) is 71.2. The van der Waals surface area contributed by atoms with E-state index in [0.29, 0.717) is 18.4 Å². The number of primary amides is 1. The number of amides is 5. The van der Waals surface area contributed by atoms with Gasteiger partial charge in [-0.15, -0.1) is 0 Å². The fourth-order valence-corrected chi connectivity index (χ4v) is 6.50. The number of phenolic OH excluding ortho intramolecular Hbond substituents is 2. The smallest absolute Gasteiger partial charge is 0.249 e. The number of nitrogens with one attached hydrogen (secondary N) is 4. The predicted molar refractivity (Wildman–Crippen MR) is 208 cm³/mol. The molecule has 3 aromatic carbocycles. The van der Waals surface area contributed by atoms with Crippen LogP contribution >= 0.6 is 0 Å². The first-order chi connectivity index (χ1) is 27.8. The molecule has 11 N–H and O–H groups in total. The average molecular weight is 800 g/mol. The fourth-order valence-electron chi connectivity index (χ4n) is 6.50. The van der Waals surface area contributed by atoms with Crippen LogP contribution in [0, 0.1) is 0 Å². The molecular weight excluding hydrogens is 750 g/mol. The van der Waals surface area contributed by atoms with E-state index in [9.17, 15) is 39.3 Å². The summed E-state index contributed by atoms with van der Waals surface area (Å²) in [7, 11) is 0. The van der Waals surface area contributed by atoms with Crippen LogP contribution in [0.15, 0.2) is 83.4 Å². The fraction of sp³-hybridized carbons (Fsp3) is 0.375. The summed E-state index contributed by atoms with van der Waals surface area (Å²) in [6, 6.07) is 16.0. The lowest BCUT2D eigenvalue weighted by atomic mass is 10.0. The molecule has 18 nitrogen and oxygen atoms in total. The zero-order valence-electron chi connectivity index (χ0n) is 31.9. The molecule has 1 aromatic heterocycles. The number of aromatic nitrogens is 2. The Morgan fingerprint density at radius 2 is 1.45 bits per heavy atom. The van der Waals surface area contributed by atoms with Gasteiger partial charge < -0.3 is 52.2 Å². The second-order valence-corrected chi connectivity index (χ2v) is 14.1. The molecular formula is C40H49N9O9. The van der Waals surface area contributed by atoms with Crippen LogP contribution in [0.25, 0.3) is 0 Å².